The molecule has 3 aliphatic heterocycles. The molecule has 0 radical (unpaired) electrons. The Morgan fingerprint density at radius 1 is 1.17 bits per heavy atom. The number of Topliss-reactive ketones (excluding diaryl/α,β-unsaturated/α-hetero) is 1. The molecule has 0 bridgehead atoms. The zero-order valence-electron chi connectivity index (χ0n) is 24.4. The van der Waals surface area contributed by atoms with E-state index in [1.54, 1.807) is 11.8 Å². The molecular formula is C34H40N2O5. The maximum atomic E-state index is 14.1. The highest BCUT2D eigenvalue weighted by molar-refractivity contribution is 5.96. The number of aromatic nitrogens is 1. The summed E-state index contributed by atoms with van der Waals surface area (Å²) in [4.78, 5) is 47.7. The fourth-order valence-corrected chi connectivity index (χ4v) is 7.08. The van der Waals surface area contributed by atoms with E-state index in [0.717, 1.165) is 54.3 Å². The van der Waals surface area contributed by atoms with Crippen molar-refractivity contribution in [1.82, 2.24) is 9.88 Å². The number of nitrogens with zero attached hydrogens (tertiary/aromatic N) is 2. The fourth-order valence-electron chi connectivity index (χ4n) is 7.08. The summed E-state index contributed by atoms with van der Waals surface area (Å²) in [7, 11) is 0. The Morgan fingerprint density at radius 2 is 2.00 bits per heavy atom. The number of fused-ring (bicyclic) bond motifs is 5. The van der Waals surface area contributed by atoms with Crippen LogP contribution in [0.3, 0.4) is 0 Å². The van der Waals surface area contributed by atoms with Crippen LogP contribution in [0.5, 0.6) is 5.75 Å². The molecule has 41 heavy (non-hydrogen) atoms. The smallest absolute Gasteiger partial charge is 0.313 e. The highest BCUT2D eigenvalue weighted by Crippen LogP contribution is 2.58. The normalized spacial score (nSPS) is 32.4. The number of carbonyl (C=O) groups excluding carboxylic acids is 3. The van der Waals surface area contributed by atoms with Crippen LogP contribution in [0.4, 0.5) is 0 Å². The molecule has 2 fully saturated rings. The van der Waals surface area contributed by atoms with Crippen LogP contribution in [0.1, 0.15) is 76.5 Å². The van der Waals surface area contributed by atoms with Gasteiger partial charge in [0.25, 0.3) is 0 Å². The second-order valence-electron chi connectivity index (χ2n) is 12.4. The molecule has 0 unspecified atom stereocenters. The van der Waals surface area contributed by atoms with Gasteiger partial charge in [0.2, 0.25) is 5.91 Å². The Labute approximate surface area is 242 Å². The van der Waals surface area contributed by atoms with E-state index in [2.05, 4.69) is 18.2 Å². The summed E-state index contributed by atoms with van der Waals surface area (Å²) in [5.41, 5.74) is 0.997. The van der Waals surface area contributed by atoms with Gasteiger partial charge in [-0.05, 0) is 57.6 Å². The monoisotopic (exact) mass is 556 g/mol. The number of pyridine rings is 1. The predicted molar refractivity (Wildman–Crippen MR) is 157 cm³/mol. The molecule has 4 heterocycles. The van der Waals surface area contributed by atoms with Crippen molar-refractivity contribution in [2.75, 3.05) is 13.2 Å². The number of ketones is 1. The molecule has 0 N–H and O–H groups in total. The van der Waals surface area contributed by atoms with Crippen LogP contribution in [0, 0.1) is 24.2 Å². The molecule has 216 valence electrons. The van der Waals surface area contributed by atoms with Crippen LogP contribution in [0.15, 0.2) is 42.5 Å². The third-order valence-corrected chi connectivity index (χ3v) is 9.53. The minimum absolute atomic E-state index is 0.00576. The maximum absolute atomic E-state index is 14.1. The van der Waals surface area contributed by atoms with Gasteiger partial charge in [-0.2, -0.15) is 0 Å². The largest absolute Gasteiger partial charge is 0.479 e. The Bertz CT molecular complexity index is 1450. The lowest BCUT2D eigenvalue weighted by Crippen LogP contribution is -2.45. The predicted octanol–water partition coefficient (Wildman–Crippen LogP) is 5.97. The first-order valence-corrected chi connectivity index (χ1v) is 15.2. The van der Waals surface area contributed by atoms with Crippen molar-refractivity contribution in [3.63, 3.8) is 0 Å². The molecule has 1 spiro atoms. The lowest BCUT2D eigenvalue weighted by molar-refractivity contribution is -0.152. The van der Waals surface area contributed by atoms with Gasteiger partial charge in [0.15, 0.2) is 5.78 Å². The van der Waals surface area contributed by atoms with Crippen molar-refractivity contribution in [3.05, 3.63) is 53.8 Å². The van der Waals surface area contributed by atoms with Crippen LogP contribution in [0.2, 0.25) is 0 Å². The van der Waals surface area contributed by atoms with Crippen LogP contribution in [-0.4, -0.2) is 52.3 Å². The van der Waals surface area contributed by atoms with Crippen LogP contribution in [-0.2, 0) is 19.1 Å². The summed E-state index contributed by atoms with van der Waals surface area (Å²) in [5.74, 6) is 0.106. The van der Waals surface area contributed by atoms with Gasteiger partial charge in [-0.15, -0.1) is 0 Å². The quantitative estimate of drug-likeness (QED) is 0.335. The van der Waals surface area contributed by atoms with Gasteiger partial charge in [0, 0.05) is 29.7 Å². The van der Waals surface area contributed by atoms with E-state index >= 15 is 0 Å². The number of amides is 1. The standard InChI is InChI=1S/C34H40N2O5/c1-4-40-32(39)34-18-24(34)13-9-7-5-6-8-12-22(2)31(38)36-21-33(19-28(36)29(37)20-34)17-16-26-25-14-10-11-15-27(25)35-23(3)30(26)41-33/h9-11,13-17,22,24,28H,4-8,12,18-21H2,1-3H3/b13-9-/t22-,24+,28-,33+,34+/m0/s1. The minimum atomic E-state index is -0.838. The SMILES string of the molecule is CCOC(=O)[C@]12CC(=O)[C@@H]3C[C@]4(C=Cc5c(c(C)nc6ccccc56)O4)CN3C(=O)[C@@H](C)CCCCC/C=C\[C@@H]1C2. The Morgan fingerprint density at radius 3 is 2.83 bits per heavy atom. The molecule has 7 heteroatoms. The molecule has 4 aliphatic rings. The Kier molecular flexibility index (Phi) is 7.25. The molecular weight excluding hydrogens is 516 g/mol. The maximum Gasteiger partial charge on any atom is 0.313 e. The number of rotatable bonds is 2. The molecule has 1 aromatic carbocycles. The number of hydrogen-bond donors (Lipinski definition) is 0. The molecule has 7 nitrogen and oxygen atoms in total. The average Bonchev–Trinajstić information content (AvgIpc) is 3.54. The van der Waals surface area contributed by atoms with Crippen LogP contribution < -0.4 is 4.74 Å². The highest BCUT2D eigenvalue weighted by atomic mass is 16.5. The molecule has 1 amide bonds. The number of hydrogen-bond acceptors (Lipinski definition) is 6. The van der Waals surface area contributed by atoms with E-state index in [9.17, 15) is 14.4 Å². The number of benzene rings is 1. The summed E-state index contributed by atoms with van der Waals surface area (Å²) >= 11 is 0. The molecule has 6 rings (SSSR count). The van der Waals surface area contributed by atoms with Crippen molar-refractivity contribution in [2.45, 2.75) is 83.8 Å². The van der Waals surface area contributed by atoms with Crippen molar-refractivity contribution < 1.29 is 23.9 Å². The number of allylic oxidation sites excluding steroid dienone is 2. The van der Waals surface area contributed by atoms with Crippen LogP contribution >= 0.6 is 0 Å². The first-order valence-electron chi connectivity index (χ1n) is 15.2. The zero-order valence-corrected chi connectivity index (χ0v) is 24.4. The van der Waals surface area contributed by atoms with Gasteiger partial charge in [-0.1, -0.05) is 56.2 Å². The van der Waals surface area contributed by atoms with Crippen molar-refractivity contribution >= 4 is 34.6 Å². The Hall–Kier alpha value is -3.48. The summed E-state index contributed by atoms with van der Waals surface area (Å²) in [5, 5.41) is 1.01. The number of ether oxygens (including phenoxy) is 2. The first kappa shape index (κ1) is 27.7. The van der Waals surface area contributed by atoms with E-state index in [1.807, 2.05) is 44.2 Å². The highest BCUT2D eigenvalue weighted by Gasteiger charge is 2.62. The van der Waals surface area contributed by atoms with Crippen molar-refractivity contribution in [3.8, 4) is 5.75 Å². The molecule has 1 aromatic heterocycles. The van der Waals surface area contributed by atoms with Gasteiger partial charge in [-0.25, -0.2) is 4.98 Å². The summed E-state index contributed by atoms with van der Waals surface area (Å²) < 4.78 is 12.2. The van der Waals surface area contributed by atoms with E-state index in [0.29, 0.717) is 25.1 Å². The lowest BCUT2D eigenvalue weighted by Gasteiger charge is -2.32. The second-order valence-corrected chi connectivity index (χ2v) is 12.4. The molecule has 1 saturated heterocycles. The second kappa shape index (κ2) is 10.7. The zero-order chi connectivity index (χ0) is 28.8. The van der Waals surface area contributed by atoms with E-state index in [-0.39, 0.29) is 42.5 Å². The Balaban J connectivity index is 1.34. The van der Waals surface area contributed by atoms with Gasteiger partial charge in [0.1, 0.15) is 11.4 Å². The lowest BCUT2D eigenvalue weighted by atomic mass is 9.88. The number of carbonyl (C=O) groups is 3. The molecule has 1 saturated carbocycles. The van der Waals surface area contributed by atoms with Crippen molar-refractivity contribution in [2.24, 2.45) is 17.3 Å². The molecule has 1 aliphatic carbocycles. The third-order valence-electron chi connectivity index (χ3n) is 9.53. The van der Waals surface area contributed by atoms with Gasteiger partial charge in [-0.3, -0.25) is 14.4 Å². The fraction of sp³-hybridized carbons (Fsp3) is 0.529. The van der Waals surface area contributed by atoms with Gasteiger partial charge in [0.05, 0.1) is 35.8 Å². The van der Waals surface area contributed by atoms with E-state index in [1.165, 1.54) is 0 Å². The summed E-state index contributed by atoms with van der Waals surface area (Å²) in [6.45, 7) is 6.28. The first-order chi connectivity index (χ1) is 19.8. The third kappa shape index (κ3) is 4.98. The topological polar surface area (TPSA) is 85.8 Å². The van der Waals surface area contributed by atoms with Crippen LogP contribution in [0.25, 0.3) is 17.0 Å². The van der Waals surface area contributed by atoms with Crippen molar-refractivity contribution in [1.29, 1.82) is 0 Å². The average molecular weight is 557 g/mol. The van der Waals surface area contributed by atoms with Gasteiger partial charge >= 0.3 is 5.97 Å². The van der Waals surface area contributed by atoms with E-state index < -0.39 is 17.1 Å². The summed E-state index contributed by atoms with van der Waals surface area (Å²) in [6.07, 6.45) is 14.2. The minimum Gasteiger partial charge on any atom is -0.479 e. The number of aryl methyl sites for hydroxylation is 1. The van der Waals surface area contributed by atoms with E-state index in [4.69, 9.17) is 14.5 Å². The molecule has 2 aromatic rings. The van der Waals surface area contributed by atoms with Gasteiger partial charge < -0.3 is 14.4 Å². The number of esters is 1. The summed E-state index contributed by atoms with van der Waals surface area (Å²) in [6, 6.07) is 7.33. The number of para-hydroxylation sites is 1. The molecule has 5 atom stereocenters.